The number of hydrogen-bond donors (Lipinski definition) is 0. The Labute approximate surface area is 185 Å². The Bertz CT molecular complexity index is 960. The fraction of sp³-hybridized carbons (Fsp3) is 0.261. The molecule has 0 unspecified atom stereocenters. The lowest BCUT2D eigenvalue weighted by atomic mass is 9.94. The Balaban J connectivity index is 2.01. The van der Waals surface area contributed by atoms with Crippen molar-refractivity contribution in [2.45, 2.75) is 12.4 Å². The number of allylic oxidation sites excluding steroid dienone is 2. The van der Waals surface area contributed by atoms with Gasteiger partial charge in [-0.05, 0) is 41.0 Å². The number of amides is 1. The maximum absolute atomic E-state index is 13.2. The molecular weight excluding hydrogens is 452 g/mol. The standard InChI is InChI=1S/C23H19F6NOS/c24-22(25,26)18-6-1-4-16(14-18)20(17-5-2-7-19(15-17)23(27,28)29)8-3-9-21(31)30-10-12-32-13-11-30/h1-9,14-15H,10-13H2. The number of rotatable bonds is 4. The second-order valence-electron chi connectivity index (χ2n) is 7.03. The van der Waals surface area contributed by atoms with Gasteiger partial charge in [-0.15, -0.1) is 0 Å². The van der Waals surface area contributed by atoms with Crippen LogP contribution in [0.2, 0.25) is 0 Å². The van der Waals surface area contributed by atoms with Crippen molar-refractivity contribution >= 4 is 23.2 Å². The van der Waals surface area contributed by atoms with Crippen molar-refractivity contribution < 1.29 is 31.1 Å². The first-order valence-corrected chi connectivity index (χ1v) is 10.8. The van der Waals surface area contributed by atoms with Gasteiger partial charge in [0.05, 0.1) is 11.1 Å². The molecule has 9 heteroatoms. The van der Waals surface area contributed by atoms with E-state index in [0.29, 0.717) is 13.1 Å². The molecule has 32 heavy (non-hydrogen) atoms. The summed E-state index contributed by atoms with van der Waals surface area (Å²) in [7, 11) is 0. The maximum atomic E-state index is 13.2. The van der Waals surface area contributed by atoms with E-state index in [1.54, 1.807) is 16.7 Å². The van der Waals surface area contributed by atoms with Gasteiger partial charge in [0.25, 0.3) is 0 Å². The van der Waals surface area contributed by atoms with Crippen LogP contribution in [0.1, 0.15) is 22.3 Å². The summed E-state index contributed by atoms with van der Waals surface area (Å²) < 4.78 is 79.1. The third kappa shape index (κ3) is 6.18. The van der Waals surface area contributed by atoms with Gasteiger partial charge in [-0.3, -0.25) is 4.79 Å². The summed E-state index contributed by atoms with van der Waals surface area (Å²) in [4.78, 5) is 14.0. The molecule has 1 fully saturated rings. The predicted octanol–water partition coefficient (Wildman–Crippen LogP) is 6.29. The number of alkyl halides is 6. The van der Waals surface area contributed by atoms with Crippen molar-refractivity contribution in [3.8, 4) is 0 Å². The van der Waals surface area contributed by atoms with E-state index in [0.717, 1.165) is 35.8 Å². The van der Waals surface area contributed by atoms with Gasteiger partial charge in [0, 0.05) is 30.7 Å². The zero-order valence-corrected chi connectivity index (χ0v) is 17.5. The number of benzene rings is 2. The average Bonchev–Trinajstić information content (AvgIpc) is 2.76. The van der Waals surface area contributed by atoms with E-state index in [4.69, 9.17) is 0 Å². The monoisotopic (exact) mass is 471 g/mol. The van der Waals surface area contributed by atoms with Crippen LogP contribution in [0.15, 0.2) is 66.8 Å². The second-order valence-corrected chi connectivity index (χ2v) is 8.26. The third-order valence-corrected chi connectivity index (χ3v) is 5.77. The Kier molecular flexibility index (Phi) is 7.38. The molecule has 1 amide bonds. The Morgan fingerprint density at radius 2 is 1.34 bits per heavy atom. The first-order valence-electron chi connectivity index (χ1n) is 9.66. The van der Waals surface area contributed by atoms with Gasteiger partial charge in [0.2, 0.25) is 5.91 Å². The van der Waals surface area contributed by atoms with Crippen molar-refractivity contribution in [3.63, 3.8) is 0 Å². The molecule has 0 saturated carbocycles. The smallest absolute Gasteiger partial charge is 0.338 e. The molecule has 0 aromatic heterocycles. The van der Waals surface area contributed by atoms with Crippen LogP contribution in [-0.2, 0) is 17.1 Å². The molecule has 0 radical (unpaired) electrons. The van der Waals surface area contributed by atoms with Gasteiger partial charge in [-0.1, -0.05) is 36.4 Å². The Morgan fingerprint density at radius 3 is 1.81 bits per heavy atom. The third-order valence-electron chi connectivity index (χ3n) is 4.83. The van der Waals surface area contributed by atoms with Gasteiger partial charge in [0.15, 0.2) is 0 Å². The summed E-state index contributed by atoms with van der Waals surface area (Å²) in [5.41, 5.74) is -1.52. The number of hydrogen-bond acceptors (Lipinski definition) is 2. The summed E-state index contributed by atoms with van der Waals surface area (Å²) in [6.07, 6.45) is -5.21. The highest BCUT2D eigenvalue weighted by molar-refractivity contribution is 7.99. The van der Waals surface area contributed by atoms with Gasteiger partial charge < -0.3 is 4.90 Å². The summed E-state index contributed by atoms with van der Waals surface area (Å²) in [6, 6.07) is 8.70. The van der Waals surface area contributed by atoms with E-state index in [1.807, 2.05) is 0 Å². The molecule has 0 spiro atoms. The molecular formula is C23H19F6NOS. The highest BCUT2D eigenvalue weighted by Gasteiger charge is 2.32. The van der Waals surface area contributed by atoms with Crippen LogP contribution in [-0.4, -0.2) is 35.4 Å². The molecule has 3 rings (SSSR count). The van der Waals surface area contributed by atoms with Gasteiger partial charge in [-0.25, -0.2) is 0 Å². The highest BCUT2D eigenvalue weighted by Crippen LogP contribution is 2.35. The van der Waals surface area contributed by atoms with Gasteiger partial charge in [0.1, 0.15) is 0 Å². The topological polar surface area (TPSA) is 20.3 Å². The number of halogens is 6. The average molecular weight is 471 g/mol. The zero-order chi connectivity index (χ0) is 23.4. The van der Waals surface area contributed by atoms with Crippen molar-refractivity contribution in [2.75, 3.05) is 24.6 Å². The van der Waals surface area contributed by atoms with E-state index in [1.165, 1.54) is 42.5 Å². The fourth-order valence-electron chi connectivity index (χ4n) is 3.20. The van der Waals surface area contributed by atoms with Crippen LogP contribution in [0.3, 0.4) is 0 Å². The fourth-order valence-corrected chi connectivity index (χ4v) is 4.10. The molecule has 0 atom stereocenters. The lowest BCUT2D eigenvalue weighted by molar-refractivity contribution is -0.138. The zero-order valence-electron chi connectivity index (χ0n) is 16.7. The molecule has 2 aromatic rings. The van der Waals surface area contributed by atoms with Crippen LogP contribution >= 0.6 is 11.8 Å². The number of thioether (sulfide) groups is 1. The predicted molar refractivity (Wildman–Crippen MR) is 113 cm³/mol. The second kappa shape index (κ2) is 9.85. The molecule has 0 aliphatic carbocycles. The molecule has 1 heterocycles. The van der Waals surface area contributed by atoms with Crippen LogP contribution in [0.5, 0.6) is 0 Å². The summed E-state index contributed by atoms with van der Waals surface area (Å²) >= 11 is 1.73. The molecule has 2 aromatic carbocycles. The minimum atomic E-state index is -4.60. The van der Waals surface area contributed by atoms with Crippen molar-refractivity contribution in [3.05, 3.63) is 89.0 Å². The van der Waals surface area contributed by atoms with Crippen LogP contribution < -0.4 is 0 Å². The lowest BCUT2D eigenvalue weighted by Crippen LogP contribution is -2.36. The Morgan fingerprint density at radius 1 is 0.844 bits per heavy atom. The van der Waals surface area contributed by atoms with E-state index < -0.39 is 23.5 Å². The van der Waals surface area contributed by atoms with E-state index >= 15 is 0 Å². The highest BCUT2D eigenvalue weighted by atomic mass is 32.2. The maximum Gasteiger partial charge on any atom is 0.416 e. The summed E-state index contributed by atoms with van der Waals surface area (Å²) in [5, 5.41) is 0. The molecule has 170 valence electrons. The molecule has 1 saturated heterocycles. The number of nitrogens with zero attached hydrogens (tertiary/aromatic N) is 1. The van der Waals surface area contributed by atoms with E-state index in [9.17, 15) is 31.1 Å². The minimum absolute atomic E-state index is 0.0885. The van der Waals surface area contributed by atoms with Crippen LogP contribution in [0.25, 0.3) is 5.57 Å². The van der Waals surface area contributed by atoms with Crippen molar-refractivity contribution in [1.82, 2.24) is 4.90 Å². The normalized spacial score (nSPS) is 15.1. The molecule has 1 aliphatic rings. The quantitative estimate of drug-likeness (QED) is 0.297. The first kappa shape index (κ1) is 24.0. The summed E-state index contributed by atoms with van der Waals surface area (Å²) in [5.74, 6) is 1.37. The largest absolute Gasteiger partial charge is 0.416 e. The van der Waals surface area contributed by atoms with Crippen LogP contribution in [0, 0.1) is 0 Å². The lowest BCUT2D eigenvalue weighted by Gasteiger charge is -2.25. The van der Waals surface area contributed by atoms with E-state index in [-0.39, 0.29) is 22.6 Å². The van der Waals surface area contributed by atoms with Gasteiger partial charge >= 0.3 is 12.4 Å². The van der Waals surface area contributed by atoms with Gasteiger partial charge in [-0.2, -0.15) is 38.1 Å². The van der Waals surface area contributed by atoms with Crippen molar-refractivity contribution in [2.24, 2.45) is 0 Å². The van der Waals surface area contributed by atoms with E-state index in [2.05, 4.69) is 0 Å². The first-order chi connectivity index (χ1) is 15.1. The van der Waals surface area contributed by atoms with Crippen LogP contribution in [0.4, 0.5) is 26.3 Å². The SMILES string of the molecule is O=C(C=CC=C(c1cccc(C(F)(F)F)c1)c1cccc(C(F)(F)F)c1)N1CCSCC1. The minimum Gasteiger partial charge on any atom is -0.338 e. The molecule has 0 bridgehead atoms. The number of carbonyl (C=O) groups is 1. The Hall–Kier alpha value is -2.68. The molecule has 0 N–H and O–H groups in total. The number of carbonyl (C=O) groups excluding carboxylic acids is 1. The summed E-state index contributed by atoms with van der Waals surface area (Å²) in [6.45, 7) is 1.18. The molecule has 2 nitrogen and oxygen atoms in total. The van der Waals surface area contributed by atoms with Crippen molar-refractivity contribution in [1.29, 1.82) is 0 Å². The molecule has 1 aliphatic heterocycles.